The van der Waals surface area contributed by atoms with Gasteiger partial charge in [0.1, 0.15) is 0 Å². The van der Waals surface area contributed by atoms with E-state index >= 15 is 0 Å². The summed E-state index contributed by atoms with van der Waals surface area (Å²) in [7, 11) is 0. The topological polar surface area (TPSA) is 51.4 Å². The van der Waals surface area contributed by atoms with Crippen molar-refractivity contribution in [2.75, 3.05) is 32.0 Å². The number of thiazole rings is 1. The first-order valence-electron chi connectivity index (χ1n) is 6.68. The molecule has 0 fully saturated rings. The molecule has 0 aliphatic heterocycles. The van der Waals surface area contributed by atoms with Gasteiger partial charge in [0.15, 0.2) is 5.13 Å². The molecular formula is C14H21N3OS. The number of nitrogens with zero attached hydrogens (tertiary/aromatic N) is 2. The van der Waals surface area contributed by atoms with E-state index in [1.165, 1.54) is 5.56 Å². The van der Waals surface area contributed by atoms with Crippen LogP contribution in [0.15, 0.2) is 18.2 Å². The van der Waals surface area contributed by atoms with Gasteiger partial charge in [0.05, 0.1) is 16.8 Å². The van der Waals surface area contributed by atoms with Crippen LogP contribution < -0.4 is 5.73 Å². The highest BCUT2D eigenvalue weighted by atomic mass is 32.1. The highest BCUT2D eigenvalue weighted by Crippen LogP contribution is 2.25. The molecule has 2 rings (SSSR count). The molecule has 1 aromatic heterocycles. The van der Waals surface area contributed by atoms with Crippen molar-refractivity contribution in [1.29, 1.82) is 0 Å². The molecule has 1 heterocycles. The fourth-order valence-corrected chi connectivity index (χ4v) is 2.83. The van der Waals surface area contributed by atoms with Gasteiger partial charge in [-0.3, -0.25) is 4.90 Å². The summed E-state index contributed by atoms with van der Waals surface area (Å²) in [6.07, 6.45) is 0. The summed E-state index contributed by atoms with van der Waals surface area (Å²) in [5.74, 6) is 0. The van der Waals surface area contributed by atoms with E-state index in [-0.39, 0.29) is 0 Å². The molecule has 0 aliphatic rings. The van der Waals surface area contributed by atoms with Gasteiger partial charge in [-0.15, -0.1) is 0 Å². The smallest absolute Gasteiger partial charge is 0.181 e. The standard InChI is InChI=1S/C14H21N3OS/c1-3-17(7-8-18-4-2)10-11-5-6-12-13(9-11)19-14(15)16-12/h5-6,9H,3-4,7-8,10H2,1-2H3,(H2,15,16). The molecule has 4 nitrogen and oxygen atoms in total. The molecule has 0 bridgehead atoms. The Morgan fingerprint density at radius 2 is 2.21 bits per heavy atom. The van der Waals surface area contributed by atoms with Crippen LogP contribution in [0.3, 0.4) is 0 Å². The van der Waals surface area contributed by atoms with E-state index in [9.17, 15) is 0 Å². The van der Waals surface area contributed by atoms with Crippen LogP contribution in [-0.4, -0.2) is 36.2 Å². The molecule has 0 atom stereocenters. The molecule has 0 spiro atoms. The molecule has 2 aromatic rings. The summed E-state index contributed by atoms with van der Waals surface area (Å²) >= 11 is 1.55. The lowest BCUT2D eigenvalue weighted by atomic mass is 10.2. The fourth-order valence-electron chi connectivity index (χ4n) is 2.03. The van der Waals surface area contributed by atoms with Crippen molar-refractivity contribution in [1.82, 2.24) is 9.88 Å². The molecule has 5 heteroatoms. The average Bonchev–Trinajstić information content (AvgIpc) is 2.77. The van der Waals surface area contributed by atoms with Gasteiger partial charge in [-0.25, -0.2) is 4.98 Å². The minimum absolute atomic E-state index is 0.635. The summed E-state index contributed by atoms with van der Waals surface area (Å²) in [5.41, 5.74) is 8.02. The van der Waals surface area contributed by atoms with Gasteiger partial charge in [0.2, 0.25) is 0 Å². The third-order valence-electron chi connectivity index (χ3n) is 3.08. The molecular weight excluding hydrogens is 258 g/mol. The number of hydrogen-bond donors (Lipinski definition) is 1. The van der Waals surface area contributed by atoms with Crippen molar-refractivity contribution in [3.63, 3.8) is 0 Å². The van der Waals surface area contributed by atoms with E-state index in [1.807, 2.05) is 13.0 Å². The third kappa shape index (κ3) is 3.89. The number of fused-ring (bicyclic) bond motifs is 1. The molecule has 0 radical (unpaired) electrons. The Kier molecular flexibility index (Phi) is 5.13. The SMILES string of the molecule is CCOCCN(CC)Cc1ccc2nc(N)sc2c1. The lowest BCUT2D eigenvalue weighted by molar-refractivity contribution is 0.113. The van der Waals surface area contributed by atoms with E-state index in [0.717, 1.165) is 43.1 Å². The number of ether oxygens (including phenoxy) is 1. The summed E-state index contributed by atoms with van der Waals surface area (Å²) in [6, 6.07) is 6.37. The quantitative estimate of drug-likeness (QED) is 0.792. The summed E-state index contributed by atoms with van der Waals surface area (Å²) in [4.78, 5) is 6.65. The molecule has 1 aromatic carbocycles. The van der Waals surface area contributed by atoms with E-state index in [1.54, 1.807) is 11.3 Å². The number of aromatic nitrogens is 1. The Balaban J connectivity index is 2.02. The second kappa shape index (κ2) is 6.84. The first-order valence-corrected chi connectivity index (χ1v) is 7.49. The number of anilines is 1. The van der Waals surface area contributed by atoms with Gasteiger partial charge in [-0.2, -0.15) is 0 Å². The lowest BCUT2D eigenvalue weighted by Crippen LogP contribution is -2.27. The highest BCUT2D eigenvalue weighted by Gasteiger charge is 2.06. The summed E-state index contributed by atoms with van der Waals surface area (Å²) < 4.78 is 6.57. The predicted molar refractivity (Wildman–Crippen MR) is 81.5 cm³/mol. The van der Waals surface area contributed by atoms with E-state index in [0.29, 0.717) is 5.13 Å². The van der Waals surface area contributed by atoms with E-state index in [4.69, 9.17) is 10.5 Å². The Morgan fingerprint density at radius 3 is 2.95 bits per heavy atom. The Hall–Kier alpha value is -1.17. The van der Waals surface area contributed by atoms with Crippen molar-refractivity contribution >= 4 is 26.7 Å². The van der Waals surface area contributed by atoms with Crippen LogP contribution in [0.2, 0.25) is 0 Å². The normalized spacial score (nSPS) is 11.5. The van der Waals surface area contributed by atoms with Crippen LogP contribution in [0.25, 0.3) is 10.2 Å². The zero-order valence-corrected chi connectivity index (χ0v) is 12.4. The Morgan fingerprint density at radius 1 is 1.37 bits per heavy atom. The van der Waals surface area contributed by atoms with Crippen molar-refractivity contribution in [3.8, 4) is 0 Å². The van der Waals surface area contributed by atoms with Crippen LogP contribution in [0.1, 0.15) is 19.4 Å². The van der Waals surface area contributed by atoms with Crippen molar-refractivity contribution in [3.05, 3.63) is 23.8 Å². The second-order valence-corrected chi connectivity index (χ2v) is 5.48. The zero-order valence-electron chi connectivity index (χ0n) is 11.6. The van der Waals surface area contributed by atoms with E-state index < -0.39 is 0 Å². The van der Waals surface area contributed by atoms with Gasteiger partial charge in [-0.05, 0) is 31.2 Å². The van der Waals surface area contributed by atoms with Crippen LogP contribution in [0.5, 0.6) is 0 Å². The van der Waals surface area contributed by atoms with Crippen LogP contribution in [0.4, 0.5) is 5.13 Å². The maximum absolute atomic E-state index is 5.73. The third-order valence-corrected chi connectivity index (χ3v) is 3.93. The highest BCUT2D eigenvalue weighted by molar-refractivity contribution is 7.22. The average molecular weight is 279 g/mol. The largest absolute Gasteiger partial charge is 0.380 e. The zero-order chi connectivity index (χ0) is 13.7. The fraction of sp³-hybridized carbons (Fsp3) is 0.500. The molecule has 0 amide bonds. The Bertz CT molecular complexity index is 526. The number of likely N-dealkylation sites (N-methyl/N-ethyl adjacent to an activating group) is 1. The number of hydrogen-bond acceptors (Lipinski definition) is 5. The molecule has 0 aliphatic carbocycles. The maximum atomic E-state index is 5.73. The van der Waals surface area contributed by atoms with Gasteiger partial charge in [0.25, 0.3) is 0 Å². The van der Waals surface area contributed by atoms with Crippen molar-refractivity contribution in [2.24, 2.45) is 0 Å². The number of nitrogens with two attached hydrogens (primary N) is 1. The first kappa shape index (κ1) is 14.2. The van der Waals surface area contributed by atoms with Gasteiger partial charge >= 0.3 is 0 Å². The molecule has 0 saturated carbocycles. The summed E-state index contributed by atoms with van der Waals surface area (Å²) in [6.45, 7) is 8.71. The first-order chi connectivity index (χ1) is 9.22. The molecule has 104 valence electrons. The number of rotatable bonds is 7. The monoisotopic (exact) mass is 279 g/mol. The number of benzene rings is 1. The van der Waals surface area contributed by atoms with E-state index in [2.05, 4.69) is 28.9 Å². The minimum atomic E-state index is 0.635. The van der Waals surface area contributed by atoms with Crippen LogP contribution in [-0.2, 0) is 11.3 Å². The molecule has 0 saturated heterocycles. The molecule has 19 heavy (non-hydrogen) atoms. The predicted octanol–water partition coefficient (Wildman–Crippen LogP) is 2.74. The Labute approximate surface area is 118 Å². The van der Waals surface area contributed by atoms with Crippen molar-refractivity contribution in [2.45, 2.75) is 20.4 Å². The maximum Gasteiger partial charge on any atom is 0.181 e. The molecule has 0 unspecified atom stereocenters. The minimum Gasteiger partial charge on any atom is -0.380 e. The van der Waals surface area contributed by atoms with Gasteiger partial charge < -0.3 is 10.5 Å². The van der Waals surface area contributed by atoms with Gasteiger partial charge in [0, 0.05) is 19.7 Å². The summed E-state index contributed by atoms with van der Waals surface area (Å²) in [5, 5.41) is 0.635. The molecule has 2 N–H and O–H groups in total. The lowest BCUT2D eigenvalue weighted by Gasteiger charge is -2.20. The van der Waals surface area contributed by atoms with Crippen LogP contribution in [0, 0.1) is 0 Å². The van der Waals surface area contributed by atoms with Crippen molar-refractivity contribution < 1.29 is 4.74 Å². The number of nitrogen functional groups attached to an aromatic ring is 1. The van der Waals surface area contributed by atoms with Crippen LogP contribution >= 0.6 is 11.3 Å². The second-order valence-electron chi connectivity index (χ2n) is 4.42. The van der Waals surface area contributed by atoms with Gasteiger partial charge in [-0.1, -0.05) is 24.3 Å².